The highest BCUT2D eigenvalue weighted by atomic mass is 16.3. The van der Waals surface area contributed by atoms with Crippen LogP contribution >= 0.6 is 0 Å². The van der Waals surface area contributed by atoms with Crippen molar-refractivity contribution in [1.82, 2.24) is 14.9 Å². The van der Waals surface area contributed by atoms with E-state index < -0.39 is 6.10 Å². The van der Waals surface area contributed by atoms with Gasteiger partial charge in [-0.2, -0.15) is 0 Å². The number of aliphatic hydroxyl groups is 1. The van der Waals surface area contributed by atoms with Gasteiger partial charge < -0.3 is 20.0 Å². The fraction of sp³-hybridized carbons (Fsp3) is 0.529. The number of nitrogens with one attached hydrogen (secondary N) is 2. The highest BCUT2D eigenvalue weighted by molar-refractivity contribution is 5.77. The largest absolute Gasteiger partial charge is 0.392 e. The van der Waals surface area contributed by atoms with E-state index >= 15 is 0 Å². The summed E-state index contributed by atoms with van der Waals surface area (Å²) in [6.07, 6.45) is 1.44. The molecule has 0 saturated carbocycles. The summed E-state index contributed by atoms with van der Waals surface area (Å²) >= 11 is 0. The number of nitrogens with zero attached hydrogens (tertiary/aromatic N) is 1. The summed E-state index contributed by atoms with van der Waals surface area (Å²) in [6.45, 7) is 5.97. The summed E-state index contributed by atoms with van der Waals surface area (Å²) in [7, 11) is 0. The Morgan fingerprint density at radius 1 is 1.22 bits per heavy atom. The van der Waals surface area contributed by atoms with Gasteiger partial charge in [0.15, 0.2) is 0 Å². The van der Waals surface area contributed by atoms with Gasteiger partial charge in [-0.05, 0) is 51.3 Å². The van der Waals surface area contributed by atoms with Gasteiger partial charge in [-0.15, -0.1) is 0 Å². The maximum absolute atomic E-state index is 12.3. The van der Waals surface area contributed by atoms with Gasteiger partial charge in [-0.3, -0.25) is 4.79 Å². The Morgan fingerprint density at radius 2 is 1.91 bits per heavy atom. The molecule has 1 atom stereocenters. The molecular formula is C17H25N3O3. The molecule has 0 bridgehead atoms. The molecule has 2 rings (SSSR count). The molecular weight excluding hydrogens is 294 g/mol. The lowest BCUT2D eigenvalue weighted by molar-refractivity contribution is -0.134. The van der Waals surface area contributed by atoms with Crippen LogP contribution in [0, 0.1) is 0 Å². The molecule has 0 aliphatic carbocycles. The van der Waals surface area contributed by atoms with Gasteiger partial charge in [-0.25, -0.2) is 4.79 Å². The Kier molecular flexibility index (Phi) is 5.60. The third-order valence-electron chi connectivity index (χ3n) is 3.84. The summed E-state index contributed by atoms with van der Waals surface area (Å²) in [5.41, 5.74) is 2.46. The van der Waals surface area contributed by atoms with Crippen LogP contribution in [0.3, 0.4) is 0 Å². The Bertz CT molecular complexity index is 715. The van der Waals surface area contributed by atoms with Crippen molar-refractivity contribution in [3.63, 3.8) is 0 Å². The van der Waals surface area contributed by atoms with Gasteiger partial charge in [0.2, 0.25) is 5.91 Å². The Hall–Kier alpha value is -2.08. The monoisotopic (exact) mass is 319 g/mol. The number of benzene rings is 1. The molecule has 2 aromatic rings. The summed E-state index contributed by atoms with van der Waals surface area (Å²) < 4.78 is 0. The van der Waals surface area contributed by atoms with Gasteiger partial charge in [0, 0.05) is 19.0 Å². The van der Waals surface area contributed by atoms with Crippen LogP contribution in [-0.2, 0) is 11.2 Å². The zero-order valence-corrected chi connectivity index (χ0v) is 13.9. The van der Waals surface area contributed by atoms with E-state index in [9.17, 15) is 14.7 Å². The minimum Gasteiger partial charge on any atom is -0.392 e. The number of amides is 1. The third-order valence-corrected chi connectivity index (χ3v) is 3.84. The van der Waals surface area contributed by atoms with Crippen molar-refractivity contribution in [2.45, 2.75) is 52.2 Å². The number of carbonyl (C=O) groups excluding carboxylic acids is 1. The number of aliphatic hydroxyl groups excluding tert-OH is 1. The number of carbonyl (C=O) groups is 1. The van der Waals surface area contributed by atoms with E-state index in [1.54, 1.807) is 11.8 Å². The number of aromatic nitrogens is 2. The van der Waals surface area contributed by atoms with Crippen LogP contribution in [0.4, 0.5) is 0 Å². The number of imidazole rings is 1. The van der Waals surface area contributed by atoms with Crippen LogP contribution in [0.1, 0.15) is 39.2 Å². The molecule has 3 N–H and O–H groups in total. The second kappa shape index (κ2) is 7.46. The molecule has 1 aromatic heterocycles. The molecule has 0 aliphatic heterocycles. The van der Waals surface area contributed by atoms with E-state index in [1.807, 2.05) is 32.0 Å². The molecule has 1 amide bonds. The lowest BCUT2D eigenvalue weighted by Crippen LogP contribution is -2.41. The van der Waals surface area contributed by atoms with E-state index in [1.165, 1.54) is 0 Å². The lowest BCUT2D eigenvalue weighted by atomic mass is 10.1. The minimum atomic E-state index is -0.519. The van der Waals surface area contributed by atoms with Crippen molar-refractivity contribution >= 4 is 16.9 Å². The van der Waals surface area contributed by atoms with E-state index in [0.29, 0.717) is 13.0 Å². The number of hydrogen-bond donors (Lipinski definition) is 3. The van der Waals surface area contributed by atoms with Crippen molar-refractivity contribution in [1.29, 1.82) is 0 Å². The number of aromatic amines is 2. The molecule has 0 fully saturated rings. The van der Waals surface area contributed by atoms with Crippen molar-refractivity contribution in [2.75, 3.05) is 6.54 Å². The summed E-state index contributed by atoms with van der Waals surface area (Å²) in [5, 5.41) is 9.50. The second-order valence-electron chi connectivity index (χ2n) is 6.30. The van der Waals surface area contributed by atoms with Crippen LogP contribution in [0.5, 0.6) is 0 Å². The zero-order valence-electron chi connectivity index (χ0n) is 13.9. The van der Waals surface area contributed by atoms with Crippen LogP contribution in [0.2, 0.25) is 0 Å². The van der Waals surface area contributed by atoms with Gasteiger partial charge in [0.1, 0.15) is 0 Å². The second-order valence-corrected chi connectivity index (χ2v) is 6.30. The lowest BCUT2D eigenvalue weighted by Gasteiger charge is -2.28. The molecule has 6 nitrogen and oxygen atoms in total. The molecule has 23 heavy (non-hydrogen) atoms. The average Bonchev–Trinajstić information content (AvgIpc) is 2.83. The minimum absolute atomic E-state index is 0.0667. The highest BCUT2D eigenvalue weighted by Gasteiger charge is 2.18. The maximum Gasteiger partial charge on any atom is 0.323 e. The fourth-order valence-corrected chi connectivity index (χ4v) is 2.71. The van der Waals surface area contributed by atoms with Gasteiger partial charge in [0.05, 0.1) is 17.1 Å². The smallest absolute Gasteiger partial charge is 0.323 e. The molecule has 1 unspecified atom stereocenters. The predicted octanol–water partition coefficient (Wildman–Crippen LogP) is 1.80. The van der Waals surface area contributed by atoms with Crippen molar-refractivity contribution in [3.05, 3.63) is 34.2 Å². The standard InChI is InChI=1S/C17H25N3O3/c1-11(2)20(10-12(3)21)16(22)6-4-5-13-7-8-14-15(9-13)19-17(23)18-14/h7-9,11-12,21H,4-6,10H2,1-3H3,(H2,18,19,23). The summed E-state index contributed by atoms with van der Waals surface area (Å²) in [4.78, 5) is 30.7. The summed E-state index contributed by atoms with van der Waals surface area (Å²) in [5.74, 6) is 0.0667. The number of aryl methyl sites for hydroxylation is 1. The van der Waals surface area contributed by atoms with Crippen molar-refractivity contribution < 1.29 is 9.90 Å². The normalized spacial score (nSPS) is 12.7. The molecule has 0 spiro atoms. The van der Waals surface area contributed by atoms with Gasteiger partial charge in [-0.1, -0.05) is 6.07 Å². The Morgan fingerprint density at radius 3 is 2.57 bits per heavy atom. The number of rotatable bonds is 7. The van der Waals surface area contributed by atoms with Gasteiger partial charge in [0.25, 0.3) is 0 Å². The number of hydrogen-bond acceptors (Lipinski definition) is 3. The first-order chi connectivity index (χ1) is 10.9. The Balaban J connectivity index is 1.91. The first-order valence-electron chi connectivity index (χ1n) is 8.05. The molecule has 0 aliphatic rings. The summed E-state index contributed by atoms with van der Waals surface area (Å²) in [6, 6.07) is 5.86. The molecule has 0 radical (unpaired) electrons. The van der Waals surface area contributed by atoms with Crippen molar-refractivity contribution in [3.8, 4) is 0 Å². The fourth-order valence-electron chi connectivity index (χ4n) is 2.71. The first-order valence-corrected chi connectivity index (χ1v) is 8.05. The van der Waals surface area contributed by atoms with E-state index in [2.05, 4.69) is 9.97 Å². The number of H-pyrrole nitrogens is 2. The molecule has 1 heterocycles. The SMILES string of the molecule is CC(O)CN(C(=O)CCCc1ccc2[nH]c(=O)[nH]c2c1)C(C)C. The maximum atomic E-state index is 12.3. The molecule has 126 valence electrons. The van der Waals surface area contributed by atoms with E-state index in [0.717, 1.165) is 29.4 Å². The van der Waals surface area contributed by atoms with Crippen molar-refractivity contribution in [2.24, 2.45) is 0 Å². The number of fused-ring (bicyclic) bond motifs is 1. The van der Waals surface area contributed by atoms with Crippen LogP contribution in [0.15, 0.2) is 23.0 Å². The van der Waals surface area contributed by atoms with Crippen LogP contribution in [-0.4, -0.2) is 44.6 Å². The zero-order chi connectivity index (χ0) is 17.0. The van der Waals surface area contributed by atoms with E-state index in [4.69, 9.17) is 0 Å². The molecule has 6 heteroatoms. The first kappa shape index (κ1) is 17.3. The Labute approximate surface area is 135 Å². The predicted molar refractivity (Wildman–Crippen MR) is 90.4 cm³/mol. The quantitative estimate of drug-likeness (QED) is 0.727. The highest BCUT2D eigenvalue weighted by Crippen LogP contribution is 2.13. The van der Waals surface area contributed by atoms with E-state index in [-0.39, 0.29) is 17.6 Å². The molecule has 1 aromatic carbocycles. The molecule has 0 saturated heterocycles. The van der Waals surface area contributed by atoms with Crippen LogP contribution in [0.25, 0.3) is 11.0 Å². The topological polar surface area (TPSA) is 89.2 Å². The average molecular weight is 319 g/mol. The van der Waals surface area contributed by atoms with Gasteiger partial charge >= 0.3 is 5.69 Å². The third kappa shape index (κ3) is 4.69. The van der Waals surface area contributed by atoms with Crippen LogP contribution < -0.4 is 5.69 Å².